The van der Waals surface area contributed by atoms with Gasteiger partial charge in [-0.05, 0) is 66.9 Å². The minimum Gasteiger partial charge on any atom is -0.488 e. The molecule has 2 N–H and O–H groups in total. The first-order valence-electron chi connectivity index (χ1n) is 13.8. The van der Waals surface area contributed by atoms with Gasteiger partial charge in [0, 0.05) is 48.7 Å². The van der Waals surface area contributed by atoms with Gasteiger partial charge in [-0.1, -0.05) is 53.2 Å². The van der Waals surface area contributed by atoms with Crippen molar-refractivity contribution in [1.29, 1.82) is 0 Å². The largest absolute Gasteiger partial charge is 0.488 e. The number of aromatic nitrogens is 2. The van der Waals surface area contributed by atoms with Crippen LogP contribution in [0.2, 0.25) is 0 Å². The summed E-state index contributed by atoms with van der Waals surface area (Å²) in [6, 6.07) is 8.63. The Hall–Kier alpha value is -3.52. The van der Waals surface area contributed by atoms with Crippen molar-refractivity contribution in [2.24, 2.45) is 9.39 Å². The van der Waals surface area contributed by atoms with Crippen LogP contribution in [0.15, 0.2) is 75.0 Å². The first-order valence-corrected chi connectivity index (χ1v) is 16.9. The van der Waals surface area contributed by atoms with Crippen molar-refractivity contribution in [3.05, 3.63) is 77.6 Å². The van der Waals surface area contributed by atoms with Crippen LogP contribution in [-0.4, -0.2) is 54.1 Å². The van der Waals surface area contributed by atoms with Gasteiger partial charge in [0.05, 0.1) is 18.6 Å². The molecule has 0 spiro atoms. The van der Waals surface area contributed by atoms with E-state index in [9.17, 15) is 19.4 Å². The summed E-state index contributed by atoms with van der Waals surface area (Å²) < 4.78 is 76.6. The Kier molecular flexibility index (Phi) is 12.3. The van der Waals surface area contributed by atoms with E-state index >= 15 is 0 Å². The molecule has 7 nitrogen and oxygen atoms in total. The van der Waals surface area contributed by atoms with Crippen molar-refractivity contribution in [2.75, 3.05) is 37.8 Å². The van der Waals surface area contributed by atoms with Gasteiger partial charge in [0.1, 0.15) is 11.5 Å². The number of hydrogen-bond donors (Lipinski definition) is 2. The lowest BCUT2D eigenvalue weighted by Gasteiger charge is -2.40. The number of aryl methyl sites for hydroxylation is 1. The lowest BCUT2D eigenvalue weighted by molar-refractivity contribution is 0.232. The molecule has 1 aliphatic heterocycles. The summed E-state index contributed by atoms with van der Waals surface area (Å²) in [5.74, 6) is 1.06. The Morgan fingerprint density at radius 3 is 2.26 bits per heavy atom. The summed E-state index contributed by atoms with van der Waals surface area (Å²) >= 11 is 1.34. The molecule has 1 aromatic heterocycles. The maximum atomic E-state index is 12.9. The number of amidine groups is 1. The molecular formula is C29H39F5N6OS2. The normalized spacial score (nSPS) is 15.6. The molecule has 0 saturated carbocycles. The summed E-state index contributed by atoms with van der Waals surface area (Å²) in [5, 5.41) is 6.07. The van der Waals surface area contributed by atoms with Crippen molar-refractivity contribution < 1.29 is 24.2 Å². The molecule has 0 fully saturated rings. The van der Waals surface area contributed by atoms with Crippen molar-refractivity contribution in [3.63, 3.8) is 0 Å². The minimum atomic E-state index is -9.69. The highest BCUT2D eigenvalue weighted by molar-refractivity contribution is 8.45. The van der Waals surface area contributed by atoms with Gasteiger partial charge >= 0.3 is 10.2 Å². The molecule has 0 atom stereocenters. The van der Waals surface area contributed by atoms with Crippen LogP contribution in [0.25, 0.3) is 11.8 Å². The first kappa shape index (κ1) is 35.7. The highest BCUT2D eigenvalue weighted by Gasteiger charge is 2.65. The third kappa shape index (κ3) is 10.9. The van der Waals surface area contributed by atoms with Crippen LogP contribution in [0.4, 0.5) is 25.1 Å². The molecule has 0 radical (unpaired) electrons. The van der Waals surface area contributed by atoms with Crippen LogP contribution >= 0.6 is 22.2 Å². The maximum absolute atomic E-state index is 12.9. The van der Waals surface area contributed by atoms with Crippen LogP contribution in [0.3, 0.4) is 0 Å². The summed E-state index contributed by atoms with van der Waals surface area (Å²) in [6.45, 7) is 11.4. The fourth-order valence-corrected chi connectivity index (χ4v) is 4.58. The zero-order valence-corrected chi connectivity index (χ0v) is 26.7. The van der Waals surface area contributed by atoms with E-state index in [1.807, 2.05) is 75.9 Å². The highest BCUT2D eigenvalue weighted by Crippen LogP contribution is 3.02. The molecule has 1 aliphatic rings. The molecule has 2 aromatic carbocycles. The molecule has 238 valence electrons. The number of aliphatic imine (C=N–C) groups is 1. The molecule has 14 heteroatoms. The van der Waals surface area contributed by atoms with E-state index in [4.69, 9.17) is 4.74 Å². The second-order valence-electron chi connectivity index (χ2n) is 8.59. The Morgan fingerprint density at radius 1 is 0.977 bits per heavy atom. The fourth-order valence-electron chi connectivity index (χ4n) is 3.71. The number of anilines is 1. The Bertz CT molecular complexity index is 1420. The van der Waals surface area contributed by atoms with E-state index in [1.165, 1.54) is 11.9 Å². The molecule has 0 saturated heterocycles. The van der Waals surface area contributed by atoms with Crippen LogP contribution in [0, 0.1) is 6.92 Å². The topological polar surface area (TPSA) is 75.8 Å². The van der Waals surface area contributed by atoms with E-state index in [1.54, 1.807) is 12.5 Å². The third-order valence-corrected chi connectivity index (χ3v) is 7.04. The van der Waals surface area contributed by atoms with Gasteiger partial charge in [0.15, 0.2) is 11.6 Å². The fraction of sp³-hybridized carbons (Fsp3) is 0.345. The lowest BCUT2D eigenvalue weighted by Crippen LogP contribution is -2.33. The third-order valence-electron chi connectivity index (χ3n) is 5.56. The van der Waals surface area contributed by atoms with Gasteiger partial charge in [-0.25, -0.2) is 9.38 Å². The second kappa shape index (κ2) is 14.8. The number of nitrogens with one attached hydrogen (secondary N) is 2. The highest BCUT2D eigenvalue weighted by atomic mass is 32.5. The zero-order valence-electron chi connectivity index (χ0n) is 25.1. The van der Waals surface area contributed by atoms with Gasteiger partial charge < -0.3 is 19.9 Å². The quantitative estimate of drug-likeness (QED) is 0.105. The molecule has 2 heterocycles. The standard InChI is InChI=1S/C25H27F5N6OS2.2C2H6/c1-18-16-36(17-34-18)22-6-3-19(20(13-22)15-35-38-2)14-24-25(33-11-12-37-24)32-10-9-31-21-4-7-23(8-5-21)39(26,27,28,29)30;2*1-2/h3-8,13-17,31H,9-12H2,1-2H3,(H,32,33);2*1-2H3/b24-14-,35-15-;;. The molecule has 0 aliphatic carbocycles. The Labute approximate surface area is 254 Å². The van der Waals surface area contributed by atoms with Gasteiger partial charge in [-0.3, -0.25) is 4.99 Å². The van der Waals surface area contributed by atoms with Gasteiger partial charge in [-0.2, -0.15) is 0 Å². The second-order valence-corrected chi connectivity index (χ2v) is 11.6. The van der Waals surface area contributed by atoms with E-state index in [2.05, 4.69) is 25.0 Å². The van der Waals surface area contributed by atoms with E-state index in [0.29, 0.717) is 50.0 Å². The molecular weight excluding hydrogens is 607 g/mol. The van der Waals surface area contributed by atoms with E-state index in [0.717, 1.165) is 34.6 Å². The number of ether oxygens (including phenoxy) is 1. The van der Waals surface area contributed by atoms with E-state index < -0.39 is 15.1 Å². The first-order chi connectivity index (χ1) is 20.3. The predicted octanol–water partition coefficient (Wildman–Crippen LogP) is 9.06. The van der Waals surface area contributed by atoms with Gasteiger partial charge in [0.2, 0.25) is 0 Å². The lowest BCUT2D eigenvalue weighted by atomic mass is 10.1. The number of hydrogen-bond acceptors (Lipinski definition) is 7. The number of rotatable bonds is 9. The molecule has 3 aromatic rings. The van der Waals surface area contributed by atoms with Crippen molar-refractivity contribution in [3.8, 4) is 5.69 Å². The number of benzene rings is 2. The molecule has 4 rings (SSSR count). The summed E-state index contributed by atoms with van der Waals surface area (Å²) in [6.07, 6.45) is 9.17. The number of nitrogens with zero attached hydrogens (tertiary/aromatic N) is 4. The van der Waals surface area contributed by atoms with Crippen molar-refractivity contribution in [1.82, 2.24) is 14.9 Å². The van der Waals surface area contributed by atoms with E-state index in [-0.39, 0.29) is 5.69 Å². The van der Waals surface area contributed by atoms with Crippen molar-refractivity contribution in [2.45, 2.75) is 39.5 Å². The van der Waals surface area contributed by atoms with Crippen LogP contribution in [-0.2, 0) is 4.74 Å². The predicted molar refractivity (Wildman–Crippen MR) is 173 cm³/mol. The maximum Gasteiger partial charge on any atom is 0.310 e. The summed E-state index contributed by atoms with van der Waals surface area (Å²) in [7, 11) is -9.69. The zero-order chi connectivity index (χ0) is 32.2. The van der Waals surface area contributed by atoms with Gasteiger partial charge in [-0.15, -0.1) is 0 Å². The Balaban J connectivity index is 0.00000155. The monoisotopic (exact) mass is 646 g/mol. The minimum absolute atomic E-state index is 0.283. The average Bonchev–Trinajstić information content (AvgIpc) is 3.43. The SMILES string of the molecule is CC.CC.CS/N=C\c1cc(-n2cnc(C)c2)ccc1/C=C1\OCCN=C1NCCNc1ccc(S(F)(F)(F)(F)F)cc1. The average molecular weight is 647 g/mol. The van der Waals surface area contributed by atoms with Crippen LogP contribution in [0.1, 0.15) is 44.5 Å². The summed E-state index contributed by atoms with van der Waals surface area (Å²) in [4.78, 5) is 6.85. The molecule has 0 amide bonds. The summed E-state index contributed by atoms with van der Waals surface area (Å²) in [5.41, 5.74) is 3.84. The molecule has 0 bridgehead atoms. The molecule has 43 heavy (non-hydrogen) atoms. The molecule has 0 unspecified atom stereocenters. The van der Waals surface area contributed by atoms with Gasteiger partial charge in [0.25, 0.3) is 0 Å². The van der Waals surface area contributed by atoms with Crippen molar-refractivity contribution >= 4 is 46.0 Å². The van der Waals surface area contributed by atoms with Crippen LogP contribution < -0.4 is 10.6 Å². The number of halogens is 5. The van der Waals surface area contributed by atoms with Crippen LogP contribution in [0.5, 0.6) is 0 Å². The number of imidazole rings is 1. The smallest absolute Gasteiger partial charge is 0.310 e. The Morgan fingerprint density at radius 2 is 1.65 bits per heavy atom.